The van der Waals surface area contributed by atoms with E-state index in [2.05, 4.69) is 18.0 Å². The van der Waals surface area contributed by atoms with Crippen LogP contribution in [0.3, 0.4) is 0 Å². The second kappa shape index (κ2) is 4.99. The molecular weight excluding hydrogens is 184 g/mol. The summed E-state index contributed by atoms with van der Waals surface area (Å²) in [5, 5.41) is 9.11. The highest BCUT2D eigenvalue weighted by Gasteiger charge is 2.33. The van der Waals surface area contributed by atoms with Gasteiger partial charge in [-0.3, -0.25) is 4.90 Å². The van der Waals surface area contributed by atoms with Gasteiger partial charge in [0.25, 0.3) is 0 Å². The third kappa shape index (κ3) is 2.34. The van der Waals surface area contributed by atoms with E-state index in [0.717, 1.165) is 12.5 Å². The van der Waals surface area contributed by atoms with Gasteiger partial charge in [0.2, 0.25) is 0 Å². The van der Waals surface area contributed by atoms with E-state index in [1.807, 2.05) is 0 Å². The summed E-state index contributed by atoms with van der Waals surface area (Å²) in [6, 6.07) is 3.81. The summed E-state index contributed by atoms with van der Waals surface area (Å²) in [4.78, 5) is 2.53. The average molecular weight is 206 g/mol. The molecule has 84 valence electrons. The summed E-state index contributed by atoms with van der Waals surface area (Å²) >= 11 is 0. The van der Waals surface area contributed by atoms with Gasteiger partial charge in [-0.15, -0.1) is 0 Å². The molecule has 0 N–H and O–H groups in total. The molecule has 0 aromatic carbocycles. The van der Waals surface area contributed by atoms with E-state index in [0.29, 0.717) is 12.0 Å². The van der Waals surface area contributed by atoms with Crippen LogP contribution < -0.4 is 0 Å². The Labute approximate surface area is 93.3 Å². The van der Waals surface area contributed by atoms with Crippen molar-refractivity contribution < 1.29 is 0 Å². The van der Waals surface area contributed by atoms with Gasteiger partial charge in [0, 0.05) is 12.1 Å². The maximum Gasteiger partial charge on any atom is 0.0672 e. The van der Waals surface area contributed by atoms with Crippen LogP contribution in [0, 0.1) is 17.2 Å². The summed E-state index contributed by atoms with van der Waals surface area (Å²) in [5.41, 5.74) is 0. The van der Waals surface area contributed by atoms with Gasteiger partial charge in [0.1, 0.15) is 0 Å². The lowest BCUT2D eigenvalue weighted by atomic mass is 9.92. The zero-order valence-corrected chi connectivity index (χ0v) is 9.78. The molecule has 2 nitrogen and oxygen atoms in total. The normalized spacial score (nSPS) is 33.1. The predicted molar refractivity (Wildman–Crippen MR) is 61.4 cm³/mol. The van der Waals surface area contributed by atoms with Crippen LogP contribution in [-0.2, 0) is 0 Å². The Balaban J connectivity index is 1.94. The van der Waals surface area contributed by atoms with Gasteiger partial charge in [0.05, 0.1) is 12.0 Å². The summed E-state index contributed by atoms with van der Waals surface area (Å²) < 4.78 is 0. The van der Waals surface area contributed by atoms with E-state index in [-0.39, 0.29) is 0 Å². The van der Waals surface area contributed by atoms with E-state index in [1.54, 1.807) is 0 Å². The van der Waals surface area contributed by atoms with Crippen molar-refractivity contribution in [2.75, 3.05) is 7.05 Å². The summed E-state index contributed by atoms with van der Waals surface area (Å²) in [6.07, 6.45) is 10.5. The zero-order valence-electron chi connectivity index (χ0n) is 9.78. The van der Waals surface area contributed by atoms with E-state index >= 15 is 0 Å². The predicted octanol–water partition coefficient (Wildman–Crippen LogP) is 2.94. The van der Waals surface area contributed by atoms with Gasteiger partial charge in [-0.1, -0.05) is 25.7 Å². The smallest absolute Gasteiger partial charge is 0.0672 e. The van der Waals surface area contributed by atoms with Crippen LogP contribution in [0.15, 0.2) is 0 Å². The van der Waals surface area contributed by atoms with Crippen molar-refractivity contribution in [3.05, 3.63) is 0 Å². The van der Waals surface area contributed by atoms with Crippen molar-refractivity contribution in [2.24, 2.45) is 5.92 Å². The van der Waals surface area contributed by atoms with Crippen molar-refractivity contribution in [3.63, 3.8) is 0 Å². The fraction of sp³-hybridized carbons (Fsp3) is 0.923. The lowest BCUT2D eigenvalue weighted by molar-refractivity contribution is 0.125. The minimum absolute atomic E-state index is 0.303. The van der Waals surface area contributed by atoms with Gasteiger partial charge in [0.15, 0.2) is 0 Å². The SMILES string of the molecule is CN(C1CCCCC1)C1CCCC1C#N. The fourth-order valence-corrected chi connectivity index (χ4v) is 3.34. The van der Waals surface area contributed by atoms with E-state index in [1.165, 1.54) is 44.9 Å². The quantitative estimate of drug-likeness (QED) is 0.694. The van der Waals surface area contributed by atoms with Crippen molar-refractivity contribution >= 4 is 0 Å². The van der Waals surface area contributed by atoms with E-state index in [9.17, 15) is 0 Å². The number of hydrogen-bond donors (Lipinski definition) is 0. The molecule has 0 saturated heterocycles. The minimum atomic E-state index is 0.303. The highest BCUT2D eigenvalue weighted by molar-refractivity contribution is 4.98. The van der Waals surface area contributed by atoms with Crippen molar-refractivity contribution in [3.8, 4) is 6.07 Å². The number of rotatable bonds is 2. The molecule has 2 heteroatoms. The molecule has 2 saturated carbocycles. The standard InChI is InChI=1S/C13H22N2/c1-15(12-7-3-2-4-8-12)13-9-5-6-11(13)10-14/h11-13H,2-9H2,1H3. The van der Waals surface area contributed by atoms with Crippen molar-refractivity contribution in [1.29, 1.82) is 5.26 Å². The van der Waals surface area contributed by atoms with Crippen molar-refractivity contribution in [2.45, 2.75) is 63.5 Å². The van der Waals surface area contributed by atoms with Crippen LogP contribution in [-0.4, -0.2) is 24.0 Å². The maximum absolute atomic E-state index is 9.11. The van der Waals surface area contributed by atoms with Gasteiger partial charge in [-0.2, -0.15) is 5.26 Å². The Kier molecular flexibility index (Phi) is 3.64. The molecule has 0 amide bonds. The fourth-order valence-electron chi connectivity index (χ4n) is 3.34. The molecule has 2 fully saturated rings. The Morgan fingerprint density at radius 2 is 1.73 bits per heavy atom. The molecule has 15 heavy (non-hydrogen) atoms. The first-order valence-corrected chi connectivity index (χ1v) is 6.44. The summed E-state index contributed by atoms with van der Waals surface area (Å²) in [7, 11) is 2.25. The third-order valence-corrected chi connectivity index (χ3v) is 4.32. The van der Waals surface area contributed by atoms with Gasteiger partial charge >= 0.3 is 0 Å². The number of nitriles is 1. The molecule has 2 atom stereocenters. The lowest BCUT2D eigenvalue weighted by Crippen LogP contribution is -2.42. The molecule has 2 aliphatic carbocycles. The summed E-state index contributed by atoms with van der Waals surface area (Å²) in [5.74, 6) is 0.303. The van der Waals surface area contributed by atoms with Crippen LogP contribution in [0.25, 0.3) is 0 Å². The molecule has 2 rings (SSSR count). The van der Waals surface area contributed by atoms with Crippen LogP contribution in [0.5, 0.6) is 0 Å². The molecule has 0 aromatic heterocycles. The molecule has 0 bridgehead atoms. The molecular formula is C13H22N2. The Morgan fingerprint density at radius 1 is 1.00 bits per heavy atom. The topological polar surface area (TPSA) is 27.0 Å². The van der Waals surface area contributed by atoms with Crippen molar-refractivity contribution in [1.82, 2.24) is 4.90 Å². The monoisotopic (exact) mass is 206 g/mol. The molecule has 0 aliphatic heterocycles. The van der Waals surface area contributed by atoms with Gasteiger partial charge in [-0.25, -0.2) is 0 Å². The molecule has 2 aliphatic rings. The molecule has 0 radical (unpaired) electrons. The van der Waals surface area contributed by atoms with Crippen LogP contribution >= 0.6 is 0 Å². The van der Waals surface area contributed by atoms with Gasteiger partial charge < -0.3 is 0 Å². The molecule has 0 aromatic rings. The Bertz CT molecular complexity index is 237. The second-order valence-corrected chi connectivity index (χ2v) is 5.19. The molecule has 0 spiro atoms. The molecule has 2 unspecified atom stereocenters. The zero-order chi connectivity index (χ0) is 10.7. The van der Waals surface area contributed by atoms with Gasteiger partial charge in [-0.05, 0) is 32.7 Å². The van der Waals surface area contributed by atoms with Crippen LogP contribution in [0.1, 0.15) is 51.4 Å². The van der Waals surface area contributed by atoms with E-state index < -0.39 is 0 Å². The highest BCUT2D eigenvalue weighted by atomic mass is 15.2. The maximum atomic E-state index is 9.11. The first-order chi connectivity index (χ1) is 7.33. The summed E-state index contributed by atoms with van der Waals surface area (Å²) in [6.45, 7) is 0. The van der Waals surface area contributed by atoms with Crippen LogP contribution in [0.2, 0.25) is 0 Å². The van der Waals surface area contributed by atoms with E-state index in [4.69, 9.17) is 5.26 Å². The Hall–Kier alpha value is -0.550. The van der Waals surface area contributed by atoms with Crippen LogP contribution in [0.4, 0.5) is 0 Å². The molecule has 0 heterocycles. The number of hydrogen-bond acceptors (Lipinski definition) is 2. The lowest BCUT2D eigenvalue weighted by Gasteiger charge is -2.36. The number of nitrogens with zero attached hydrogens (tertiary/aromatic N) is 2. The minimum Gasteiger partial charge on any atom is -0.299 e. The average Bonchev–Trinajstić information content (AvgIpc) is 2.77. The third-order valence-electron chi connectivity index (χ3n) is 4.32. The largest absolute Gasteiger partial charge is 0.299 e. The first kappa shape index (κ1) is 11.0. The Morgan fingerprint density at radius 3 is 2.40 bits per heavy atom. The first-order valence-electron chi connectivity index (χ1n) is 6.44. The second-order valence-electron chi connectivity index (χ2n) is 5.19. The highest BCUT2D eigenvalue weighted by Crippen LogP contribution is 2.32.